The number of hydrogen-bond acceptors (Lipinski definition) is 4. The lowest BCUT2D eigenvalue weighted by molar-refractivity contribution is 0.290. The molecule has 4 nitrogen and oxygen atoms in total. The summed E-state index contributed by atoms with van der Waals surface area (Å²) in [6.45, 7) is 7.14. The number of nitrogens with zero attached hydrogens (tertiary/aromatic N) is 1. The van der Waals surface area contributed by atoms with E-state index in [1.165, 1.54) is 0 Å². The van der Waals surface area contributed by atoms with Gasteiger partial charge in [-0.05, 0) is 32.9 Å². The Labute approximate surface area is 115 Å². The van der Waals surface area contributed by atoms with Gasteiger partial charge < -0.3 is 9.47 Å². The van der Waals surface area contributed by atoms with Crippen molar-refractivity contribution in [2.24, 2.45) is 0 Å². The van der Waals surface area contributed by atoms with Crippen molar-refractivity contribution in [1.29, 1.82) is 5.26 Å². The summed E-state index contributed by atoms with van der Waals surface area (Å²) >= 11 is 0. The lowest BCUT2D eigenvalue weighted by Crippen LogP contribution is -2.34. The summed E-state index contributed by atoms with van der Waals surface area (Å²) in [7, 11) is 0. The molecule has 19 heavy (non-hydrogen) atoms. The van der Waals surface area contributed by atoms with E-state index < -0.39 is 0 Å². The standard InChI is InChI=1S/C15H22N2O2/c1-4-18-14-6-5-7-15(10-14)19-9-8-13(11-16)17-12(2)3/h5-7,10,12-13,17H,4,8-9H2,1-3H3. The van der Waals surface area contributed by atoms with Crippen LogP contribution in [0.15, 0.2) is 24.3 Å². The zero-order valence-electron chi connectivity index (χ0n) is 11.8. The molecule has 0 saturated heterocycles. The quantitative estimate of drug-likeness (QED) is 0.782. The molecular weight excluding hydrogens is 240 g/mol. The number of benzene rings is 1. The number of rotatable bonds is 8. The van der Waals surface area contributed by atoms with Crippen LogP contribution in [0.5, 0.6) is 11.5 Å². The van der Waals surface area contributed by atoms with Crippen molar-refractivity contribution >= 4 is 0 Å². The van der Waals surface area contributed by atoms with Crippen molar-refractivity contribution in [3.63, 3.8) is 0 Å². The molecule has 0 aliphatic carbocycles. The lowest BCUT2D eigenvalue weighted by Gasteiger charge is -2.15. The lowest BCUT2D eigenvalue weighted by atomic mass is 10.2. The van der Waals surface area contributed by atoms with Gasteiger partial charge in [0, 0.05) is 18.5 Å². The summed E-state index contributed by atoms with van der Waals surface area (Å²) < 4.78 is 11.0. The summed E-state index contributed by atoms with van der Waals surface area (Å²) in [5.74, 6) is 1.57. The average molecular weight is 262 g/mol. The van der Waals surface area contributed by atoms with Crippen molar-refractivity contribution in [3.8, 4) is 17.6 Å². The maximum atomic E-state index is 9.00. The van der Waals surface area contributed by atoms with E-state index in [1.807, 2.05) is 45.0 Å². The molecule has 1 aromatic rings. The molecule has 1 aromatic carbocycles. The molecule has 4 heteroatoms. The van der Waals surface area contributed by atoms with E-state index >= 15 is 0 Å². The van der Waals surface area contributed by atoms with Gasteiger partial charge in [-0.3, -0.25) is 5.32 Å². The van der Waals surface area contributed by atoms with Crippen LogP contribution >= 0.6 is 0 Å². The highest BCUT2D eigenvalue weighted by Crippen LogP contribution is 2.19. The molecule has 0 bridgehead atoms. The Balaban J connectivity index is 2.40. The van der Waals surface area contributed by atoms with Crippen LogP contribution in [0.4, 0.5) is 0 Å². The SMILES string of the molecule is CCOc1cccc(OCCC(C#N)NC(C)C)c1. The molecule has 0 heterocycles. The van der Waals surface area contributed by atoms with E-state index in [0.29, 0.717) is 25.7 Å². The Morgan fingerprint density at radius 1 is 1.26 bits per heavy atom. The van der Waals surface area contributed by atoms with Crippen molar-refractivity contribution < 1.29 is 9.47 Å². The fourth-order valence-corrected chi connectivity index (χ4v) is 1.70. The van der Waals surface area contributed by atoms with Crippen LogP contribution in [0.2, 0.25) is 0 Å². The number of nitriles is 1. The summed E-state index contributed by atoms with van der Waals surface area (Å²) in [6.07, 6.45) is 0.660. The zero-order valence-corrected chi connectivity index (χ0v) is 11.8. The second-order valence-corrected chi connectivity index (χ2v) is 4.55. The fourth-order valence-electron chi connectivity index (χ4n) is 1.70. The molecular formula is C15H22N2O2. The van der Waals surface area contributed by atoms with E-state index in [9.17, 15) is 0 Å². The number of nitrogens with one attached hydrogen (secondary N) is 1. The van der Waals surface area contributed by atoms with E-state index in [2.05, 4.69) is 11.4 Å². The predicted octanol–water partition coefficient (Wildman–Crippen LogP) is 2.74. The van der Waals surface area contributed by atoms with Crippen LogP contribution in [-0.4, -0.2) is 25.3 Å². The summed E-state index contributed by atoms with van der Waals surface area (Å²) in [4.78, 5) is 0. The molecule has 0 aliphatic rings. The first kappa shape index (κ1) is 15.3. The Kier molecular flexibility index (Phi) is 6.76. The Morgan fingerprint density at radius 2 is 1.95 bits per heavy atom. The van der Waals surface area contributed by atoms with Crippen molar-refractivity contribution in [2.45, 2.75) is 39.3 Å². The van der Waals surface area contributed by atoms with Crippen LogP contribution in [0, 0.1) is 11.3 Å². The smallest absolute Gasteiger partial charge is 0.122 e. The van der Waals surface area contributed by atoms with Gasteiger partial charge in [-0.25, -0.2) is 0 Å². The number of ether oxygens (including phenoxy) is 2. The van der Waals surface area contributed by atoms with Gasteiger partial charge >= 0.3 is 0 Å². The van der Waals surface area contributed by atoms with Gasteiger partial charge in [0.1, 0.15) is 11.5 Å². The fraction of sp³-hybridized carbons (Fsp3) is 0.533. The molecule has 0 radical (unpaired) electrons. The van der Waals surface area contributed by atoms with Gasteiger partial charge in [-0.15, -0.1) is 0 Å². The average Bonchev–Trinajstić information content (AvgIpc) is 2.38. The second kappa shape index (κ2) is 8.39. The summed E-state index contributed by atoms with van der Waals surface area (Å²) in [5, 5.41) is 12.2. The first-order valence-electron chi connectivity index (χ1n) is 6.67. The van der Waals surface area contributed by atoms with Crippen LogP contribution in [-0.2, 0) is 0 Å². The molecule has 0 aromatic heterocycles. The zero-order chi connectivity index (χ0) is 14.1. The highest BCUT2D eigenvalue weighted by atomic mass is 16.5. The minimum atomic E-state index is -0.171. The Bertz CT molecular complexity index is 413. The monoisotopic (exact) mass is 262 g/mol. The molecule has 1 atom stereocenters. The third-order valence-corrected chi connectivity index (χ3v) is 2.48. The first-order valence-corrected chi connectivity index (χ1v) is 6.67. The van der Waals surface area contributed by atoms with Crippen molar-refractivity contribution in [1.82, 2.24) is 5.32 Å². The highest BCUT2D eigenvalue weighted by Gasteiger charge is 2.08. The van der Waals surface area contributed by atoms with E-state index in [1.54, 1.807) is 0 Å². The van der Waals surface area contributed by atoms with E-state index in [0.717, 1.165) is 11.5 Å². The van der Waals surface area contributed by atoms with Gasteiger partial charge in [0.15, 0.2) is 0 Å². The molecule has 0 fully saturated rings. The third-order valence-electron chi connectivity index (χ3n) is 2.48. The van der Waals surface area contributed by atoms with Gasteiger partial charge in [0.2, 0.25) is 0 Å². The van der Waals surface area contributed by atoms with Crippen molar-refractivity contribution in [3.05, 3.63) is 24.3 Å². The molecule has 1 unspecified atom stereocenters. The van der Waals surface area contributed by atoms with Gasteiger partial charge in [0.05, 0.1) is 25.3 Å². The minimum Gasteiger partial charge on any atom is -0.494 e. The molecule has 0 amide bonds. The topological polar surface area (TPSA) is 54.3 Å². The van der Waals surface area contributed by atoms with Crippen LogP contribution in [0.3, 0.4) is 0 Å². The van der Waals surface area contributed by atoms with Gasteiger partial charge in [-0.2, -0.15) is 5.26 Å². The highest BCUT2D eigenvalue weighted by molar-refractivity contribution is 5.32. The van der Waals surface area contributed by atoms with E-state index in [4.69, 9.17) is 14.7 Å². The molecule has 0 spiro atoms. The maximum absolute atomic E-state index is 9.00. The molecule has 0 saturated carbocycles. The number of hydrogen-bond donors (Lipinski definition) is 1. The van der Waals surface area contributed by atoms with Crippen LogP contribution in [0.25, 0.3) is 0 Å². The molecule has 1 N–H and O–H groups in total. The first-order chi connectivity index (χ1) is 9.15. The third kappa shape index (κ3) is 6.12. The maximum Gasteiger partial charge on any atom is 0.122 e. The van der Waals surface area contributed by atoms with Gasteiger partial charge in [-0.1, -0.05) is 6.07 Å². The Hall–Kier alpha value is -1.73. The van der Waals surface area contributed by atoms with Crippen LogP contribution < -0.4 is 14.8 Å². The predicted molar refractivity (Wildman–Crippen MR) is 75.4 cm³/mol. The molecule has 104 valence electrons. The van der Waals surface area contributed by atoms with E-state index in [-0.39, 0.29) is 6.04 Å². The minimum absolute atomic E-state index is 0.171. The normalized spacial score (nSPS) is 11.9. The Morgan fingerprint density at radius 3 is 2.53 bits per heavy atom. The second-order valence-electron chi connectivity index (χ2n) is 4.55. The van der Waals surface area contributed by atoms with Crippen LogP contribution in [0.1, 0.15) is 27.2 Å². The summed E-state index contributed by atoms with van der Waals surface area (Å²) in [5.41, 5.74) is 0. The molecule has 1 rings (SSSR count). The molecule has 0 aliphatic heterocycles. The largest absolute Gasteiger partial charge is 0.494 e. The van der Waals surface area contributed by atoms with Crippen molar-refractivity contribution in [2.75, 3.05) is 13.2 Å². The van der Waals surface area contributed by atoms with Gasteiger partial charge in [0.25, 0.3) is 0 Å². The summed E-state index contributed by atoms with van der Waals surface area (Å²) in [6, 6.07) is 9.91.